The summed E-state index contributed by atoms with van der Waals surface area (Å²) in [5.41, 5.74) is 0.340. The van der Waals surface area contributed by atoms with Crippen molar-refractivity contribution in [2.45, 2.75) is 6.92 Å². The van der Waals surface area contributed by atoms with E-state index in [9.17, 15) is 4.79 Å². The second-order valence-electron chi connectivity index (χ2n) is 5.43. The fourth-order valence-corrected chi connectivity index (χ4v) is 3.39. The van der Waals surface area contributed by atoms with E-state index in [0.29, 0.717) is 42.6 Å². The Morgan fingerprint density at radius 1 is 0.893 bits per heavy atom. The first kappa shape index (κ1) is 24.3. The fourth-order valence-electron chi connectivity index (χ4n) is 2.42. The Hall–Kier alpha value is -1.70. The molecule has 0 aliphatic heterocycles. The van der Waals surface area contributed by atoms with Crippen LogP contribution in [-0.2, 0) is 4.74 Å². The van der Waals surface area contributed by atoms with E-state index in [-0.39, 0.29) is 33.0 Å². The molecule has 0 saturated heterocycles. The molecule has 8 heteroatoms. The molecule has 0 spiro atoms. The molecule has 0 bridgehead atoms. The van der Waals surface area contributed by atoms with E-state index >= 15 is 0 Å². The summed E-state index contributed by atoms with van der Waals surface area (Å²) >= 11 is 0. The summed E-state index contributed by atoms with van der Waals surface area (Å²) in [7, 11) is 4.51. The van der Waals surface area contributed by atoms with Gasteiger partial charge in [-0.3, -0.25) is 4.79 Å². The standard InChI is InChI=1S/C20H25O6P.Li.H/c1-5-25-10-11-26-14-6-8-16(9-7-14)27-20(21)19-17(23-3)12-15(22-2)13-18(19)24-4;;/h6-9,12-13,27H,5,10-11H2,1-4H3;;. The number of hydrogen-bond donors (Lipinski definition) is 0. The van der Waals surface area contributed by atoms with Crippen molar-refractivity contribution in [3.8, 4) is 23.0 Å². The second-order valence-corrected chi connectivity index (χ2v) is 6.71. The van der Waals surface area contributed by atoms with Gasteiger partial charge in [-0.05, 0) is 32.9 Å². The minimum atomic E-state index is -0.0728. The summed E-state index contributed by atoms with van der Waals surface area (Å²) in [6.45, 7) is 3.66. The van der Waals surface area contributed by atoms with Crippen LogP contribution in [0.3, 0.4) is 0 Å². The number of rotatable bonds is 11. The zero-order valence-corrected chi connectivity index (χ0v) is 17.0. The van der Waals surface area contributed by atoms with Gasteiger partial charge in [0.2, 0.25) is 0 Å². The molecule has 0 amide bonds. The topological polar surface area (TPSA) is 63.2 Å². The van der Waals surface area contributed by atoms with Gasteiger partial charge in [0, 0.05) is 18.7 Å². The van der Waals surface area contributed by atoms with Crippen LogP contribution in [0.4, 0.5) is 0 Å². The molecule has 0 fully saturated rings. The van der Waals surface area contributed by atoms with Crippen molar-refractivity contribution < 1.29 is 28.5 Å². The quantitative estimate of drug-likeness (QED) is 0.328. The SMILES string of the molecule is CCOCCOc1ccc(PC(=O)c2c(OC)cc(OC)cc2OC)cc1.[LiH]. The first-order valence-corrected chi connectivity index (χ1v) is 9.54. The zero-order chi connectivity index (χ0) is 19.6. The van der Waals surface area contributed by atoms with Gasteiger partial charge >= 0.3 is 18.9 Å². The number of benzene rings is 2. The number of hydrogen-bond acceptors (Lipinski definition) is 6. The maximum absolute atomic E-state index is 12.9. The molecule has 1 atom stereocenters. The molecule has 2 aromatic rings. The van der Waals surface area contributed by atoms with Crippen molar-refractivity contribution in [1.82, 2.24) is 0 Å². The summed E-state index contributed by atoms with van der Waals surface area (Å²) < 4.78 is 26.8. The summed E-state index contributed by atoms with van der Waals surface area (Å²) in [6, 6.07) is 10.8. The zero-order valence-electron chi connectivity index (χ0n) is 16.0. The molecule has 0 saturated carbocycles. The molecule has 0 radical (unpaired) electrons. The molecule has 0 aliphatic rings. The number of carbonyl (C=O) groups excluding carboxylic acids is 1. The summed E-state index contributed by atoms with van der Waals surface area (Å²) in [4.78, 5) is 12.9. The van der Waals surface area contributed by atoms with Crippen molar-refractivity contribution in [3.63, 3.8) is 0 Å². The van der Waals surface area contributed by atoms with E-state index in [0.717, 1.165) is 11.1 Å². The van der Waals surface area contributed by atoms with E-state index < -0.39 is 0 Å². The Labute approximate surface area is 179 Å². The number of methoxy groups -OCH3 is 3. The van der Waals surface area contributed by atoms with Crippen molar-refractivity contribution in [3.05, 3.63) is 42.0 Å². The molecule has 0 aromatic heterocycles. The second kappa shape index (κ2) is 12.7. The van der Waals surface area contributed by atoms with Gasteiger partial charge in [-0.25, -0.2) is 0 Å². The van der Waals surface area contributed by atoms with Gasteiger partial charge < -0.3 is 23.7 Å². The molecule has 0 N–H and O–H groups in total. The van der Waals surface area contributed by atoms with Crippen molar-refractivity contribution in [2.24, 2.45) is 0 Å². The Morgan fingerprint density at radius 2 is 1.50 bits per heavy atom. The van der Waals surface area contributed by atoms with Crippen LogP contribution in [0, 0.1) is 0 Å². The molecule has 2 aromatic carbocycles. The van der Waals surface area contributed by atoms with Gasteiger partial charge in [0.1, 0.15) is 35.2 Å². The van der Waals surface area contributed by atoms with E-state index in [1.54, 1.807) is 19.2 Å². The van der Waals surface area contributed by atoms with Crippen molar-refractivity contribution >= 4 is 38.3 Å². The van der Waals surface area contributed by atoms with E-state index in [1.807, 2.05) is 31.2 Å². The molecule has 0 aliphatic carbocycles. The first-order chi connectivity index (χ1) is 13.1. The Kier molecular flexibility index (Phi) is 11.0. The molecule has 1 unspecified atom stereocenters. The van der Waals surface area contributed by atoms with Crippen molar-refractivity contribution in [2.75, 3.05) is 41.2 Å². The Morgan fingerprint density at radius 3 is 2.00 bits per heavy atom. The van der Waals surface area contributed by atoms with Crippen LogP contribution in [-0.4, -0.2) is 65.5 Å². The van der Waals surface area contributed by atoms with E-state index in [1.165, 1.54) is 14.2 Å². The molecule has 148 valence electrons. The van der Waals surface area contributed by atoms with Crippen LogP contribution >= 0.6 is 8.58 Å². The Bertz CT molecular complexity index is 726. The third-order valence-electron chi connectivity index (χ3n) is 3.75. The van der Waals surface area contributed by atoms with Crippen LogP contribution in [0.2, 0.25) is 0 Å². The summed E-state index contributed by atoms with van der Waals surface area (Å²) in [5.74, 6) is 2.17. The minimum absolute atomic E-state index is 0. The van der Waals surface area contributed by atoms with Crippen LogP contribution in [0.15, 0.2) is 36.4 Å². The third-order valence-corrected chi connectivity index (χ3v) is 4.85. The molecule has 6 nitrogen and oxygen atoms in total. The van der Waals surface area contributed by atoms with Gasteiger partial charge in [0.15, 0.2) is 5.52 Å². The monoisotopic (exact) mass is 400 g/mol. The molecule has 2 rings (SSSR count). The predicted molar refractivity (Wildman–Crippen MR) is 114 cm³/mol. The average Bonchev–Trinajstić information content (AvgIpc) is 2.71. The first-order valence-electron chi connectivity index (χ1n) is 8.54. The summed E-state index contributed by atoms with van der Waals surface area (Å²) in [5, 5.41) is 0.900. The van der Waals surface area contributed by atoms with Crippen LogP contribution in [0.25, 0.3) is 0 Å². The van der Waals surface area contributed by atoms with Gasteiger partial charge in [-0.2, -0.15) is 0 Å². The van der Waals surface area contributed by atoms with Gasteiger partial charge in [0.25, 0.3) is 0 Å². The van der Waals surface area contributed by atoms with E-state index in [4.69, 9.17) is 23.7 Å². The molecular weight excluding hydrogens is 374 g/mol. The number of ether oxygens (including phenoxy) is 5. The molecular formula is C20H26LiO6P. The van der Waals surface area contributed by atoms with Crippen LogP contribution < -0.4 is 24.3 Å². The maximum atomic E-state index is 12.9. The van der Waals surface area contributed by atoms with Gasteiger partial charge in [0.05, 0.1) is 27.9 Å². The normalized spacial score (nSPS) is 10.4. The molecule has 0 heterocycles. The fraction of sp³-hybridized carbons (Fsp3) is 0.350. The predicted octanol–water partition coefficient (Wildman–Crippen LogP) is 2.62. The van der Waals surface area contributed by atoms with Crippen LogP contribution in [0.1, 0.15) is 17.3 Å². The van der Waals surface area contributed by atoms with E-state index in [2.05, 4.69) is 0 Å². The Balaban J connectivity index is 0.00000392. The summed E-state index contributed by atoms with van der Waals surface area (Å²) in [6.07, 6.45) is 0. The molecule has 28 heavy (non-hydrogen) atoms. The van der Waals surface area contributed by atoms with Gasteiger partial charge in [-0.1, -0.05) is 12.1 Å². The van der Waals surface area contributed by atoms with Crippen molar-refractivity contribution in [1.29, 1.82) is 0 Å². The van der Waals surface area contributed by atoms with Crippen LogP contribution in [0.5, 0.6) is 23.0 Å². The average molecular weight is 400 g/mol. The third kappa shape index (κ3) is 6.72. The van der Waals surface area contributed by atoms with Gasteiger partial charge in [-0.15, -0.1) is 0 Å². The number of carbonyl (C=O) groups is 1.